The number of ketones is 1. The SMILES string of the molecule is CC1(C)CCC(C#N)(Cc2cc(Br)cs2)C1=O. The van der Waals surface area contributed by atoms with Crippen LogP contribution in [0.3, 0.4) is 0 Å². The monoisotopic (exact) mass is 311 g/mol. The molecule has 2 rings (SSSR count). The van der Waals surface area contributed by atoms with E-state index in [0.717, 1.165) is 15.8 Å². The van der Waals surface area contributed by atoms with E-state index in [4.69, 9.17) is 0 Å². The van der Waals surface area contributed by atoms with E-state index in [1.165, 1.54) is 0 Å². The van der Waals surface area contributed by atoms with Gasteiger partial charge in [0.1, 0.15) is 5.41 Å². The Morgan fingerprint density at radius 2 is 2.24 bits per heavy atom. The maximum absolute atomic E-state index is 12.4. The molecule has 1 unspecified atom stereocenters. The van der Waals surface area contributed by atoms with E-state index < -0.39 is 5.41 Å². The highest BCUT2D eigenvalue weighted by Gasteiger charge is 2.52. The molecule has 0 bridgehead atoms. The molecule has 90 valence electrons. The van der Waals surface area contributed by atoms with E-state index in [-0.39, 0.29) is 11.2 Å². The highest BCUT2D eigenvalue weighted by Crippen LogP contribution is 2.47. The minimum Gasteiger partial charge on any atom is -0.297 e. The Bertz CT molecular complexity index is 500. The number of carbonyl (C=O) groups is 1. The van der Waals surface area contributed by atoms with Gasteiger partial charge in [0.25, 0.3) is 0 Å². The minimum atomic E-state index is -0.798. The topological polar surface area (TPSA) is 40.9 Å². The van der Waals surface area contributed by atoms with E-state index in [1.54, 1.807) is 11.3 Å². The molecule has 17 heavy (non-hydrogen) atoms. The van der Waals surface area contributed by atoms with Crippen molar-refractivity contribution in [3.8, 4) is 6.07 Å². The molecule has 4 heteroatoms. The molecule has 1 aromatic heterocycles. The van der Waals surface area contributed by atoms with Crippen LogP contribution in [0.1, 0.15) is 31.6 Å². The average molecular weight is 312 g/mol. The third-order valence-corrected chi connectivity index (χ3v) is 5.24. The van der Waals surface area contributed by atoms with Crippen LogP contribution < -0.4 is 0 Å². The van der Waals surface area contributed by atoms with Gasteiger partial charge in [-0.05, 0) is 34.8 Å². The highest BCUT2D eigenvalue weighted by atomic mass is 79.9. The van der Waals surface area contributed by atoms with Crippen molar-refractivity contribution in [2.45, 2.75) is 33.1 Å². The van der Waals surface area contributed by atoms with Crippen molar-refractivity contribution in [2.75, 3.05) is 0 Å². The molecule has 0 N–H and O–H groups in total. The van der Waals surface area contributed by atoms with Gasteiger partial charge >= 0.3 is 0 Å². The molecule has 1 aromatic rings. The predicted octanol–water partition coefficient (Wildman–Crippen LogP) is 3.95. The largest absolute Gasteiger partial charge is 0.297 e. The van der Waals surface area contributed by atoms with Crippen LogP contribution in [0, 0.1) is 22.2 Å². The van der Waals surface area contributed by atoms with Crippen LogP contribution >= 0.6 is 27.3 Å². The molecule has 1 heterocycles. The maximum atomic E-state index is 12.4. The minimum absolute atomic E-state index is 0.108. The van der Waals surface area contributed by atoms with E-state index >= 15 is 0 Å². The molecular formula is C13H14BrNOS. The van der Waals surface area contributed by atoms with E-state index in [0.29, 0.717) is 12.8 Å². The fourth-order valence-corrected chi connectivity index (χ4v) is 4.02. The molecule has 0 aromatic carbocycles. The van der Waals surface area contributed by atoms with Crippen LogP contribution in [0.4, 0.5) is 0 Å². The lowest BCUT2D eigenvalue weighted by Crippen LogP contribution is -2.32. The predicted molar refractivity (Wildman–Crippen MR) is 71.8 cm³/mol. The first-order valence-electron chi connectivity index (χ1n) is 5.59. The first-order valence-corrected chi connectivity index (χ1v) is 7.26. The Hall–Kier alpha value is -0.660. The molecule has 0 aliphatic heterocycles. The number of hydrogen-bond acceptors (Lipinski definition) is 3. The van der Waals surface area contributed by atoms with Crippen LogP contribution in [0.5, 0.6) is 0 Å². The Labute approximate surface area is 114 Å². The second kappa shape index (κ2) is 4.22. The van der Waals surface area contributed by atoms with Gasteiger partial charge in [-0.1, -0.05) is 13.8 Å². The molecule has 2 nitrogen and oxygen atoms in total. The number of nitriles is 1. The zero-order chi connectivity index (χ0) is 12.7. The molecule has 0 radical (unpaired) electrons. The normalized spacial score (nSPS) is 27.1. The molecule has 1 aliphatic carbocycles. The lowest BCUT2D eigenvalue weighted by atomic mass is 9.78. The molecule has 0 spiro atoms. The third kappa shape index (κ3) is 2.19. The second-order valence-corrected chi connectivity index (χ2v) is 7.23. The van der Waals surface area contributed by atoms with Gasteiger partial charge in [0.15, 0.2) is 5.78 Å². The zero-order valence-electron chi connectivity index (χ0n) is 9.92. The summed E-state index contributed by atoms with van der Waals surface area (Å²) in [5.74, 6) is 0.108. The van der Waals surface area contributed by atoms with Crippen molar-refractivity contribution in [1.82, 2.24) is 0 Å². The summed E-state index contributed by atoms with van der Waals surface area (Å²) in [6.45, 7) is 3.89. The zero-order valence-corrected chi connectivity index (χ0v) is 12.3. The number of carbonyl (C=O) groups excluding carboxylic acids is 1. The Morgan fingerprint density at radius 1 is 1.53 bits per heavy atom. The Kier molecular flexibility index (Phi) is 3.17. The summed E-state index contributed by atoms with van der Waals surface area (Å²) in [7, 11) is 0. The van der Waals surface area contributed by atoms with Crippen molar-refractivity contribution >= 4 is 33.0 Å². The lowest BCUT2D eigenvalue weighted by Gasteiger charge is -2.21. The summed E-state index contributed by atoms with van der Waals surface area (Å²) in [5, 5.41) is 11.4. The van der Waals surface area contributed by atoms with Crippen molar-refractivity contribution < 1.29 is 4.79 Å². The first-order chi connectivity index (χ1) is 7.89. The summed E-state index contributed by atoms with van der Waals surface area (Å²) in [6.07, 6.45) is 2.05. The Balaban J connectivity index is 2.29. The molecule has 1 saturated carbocycles. The molecule has 0 amide bonds. The number of hydrogen-bond donors (Lipinski definition) is 0. The number of thiophene rings is 1. The summed E-state index contributed by atoms with van der Waals surface area (Å²) < 4.78 is 1.02. The van der Waals surface area contributed by atoms with Crippen molar-refractivity contribution in [1.29, 1.82) is 5.26 Å². The average Bonchev–Trinajstić information content (AvgIpc) is 2.77. The van der Waals surface area contributed by atoms with Crippen molar-refractivity contribution in [3.63, 3.8) is 0 Å². The Morgan fingerprint density at radius 3 is 2.65 bits per heavy atom. The quantitative estimate of drug-likeness (QED) is 0.829. The third-order valence-electron chi connectivity index (χ3n) is 3.54. The van der Waals surface area contributed by atoms with E-state index in [9.17, 15) is 10.1 Å². The first kappa shape index (κ1) is 12.8. The van der Waals surface area contributed by atoms with Gasteiger partial charge in [-0.2, -0.15) is 5.26 Å². The lowest BCUT2D eigenvalue weighted by molar-refractivity contribution is -0.130. The van der Waals surface area contributed by atoms with Gasteiger partial charge < -0.3 is 0 Å². The van der Waals surface area contributed by atoms with Gasteiger partial charge in [0, 0.05) is 26.6 Å². The van der Waals surface area contributed by atoms with Gasteiger partial charge in [-0.25, -0.2) is 0 Å². The van der Waals surface area contributed by atoms with Gasteiger partial charge in [0.05, 0.1) is 6.07 Å². The van der Waals surface area contributed by atoms with Crippen molar-refractivity contribution in [3.05, 3.63) is 20.8 Å². The number of Topliss-reactive ketones (excluding diaryl/α,β-unsaturated/α-hetero) is 1. The number of rotatable bonds is 2. The van der Waals surface area contributed by atoms with Crippen molar-refractivity contribution in [2.24, 2.45) is 10.8 Å². The molecule has 0 saturated heterocycles. The van der Waals surface area contributed by atoms with Gasteiger partial charge in [-0.3, -0.25) is 4.79 Å². The smallest absolute Gasteiger partial charge is 0.159 e. The van der Waals surface area contributed by atoms with Crippen LogP contribution in [0.2, 0.25) is 0 Å². The van der Waals surface area contributed by atoms with E-state index in [1.807, 2.05) is 25.3 Å². The van der Waals surface area contributed by atoms with E-state index in [2.05, 4.69) is 22.0 Å². The summed E-state index contributed by atoms with van der Waals surface area (Å²) in [6, 6.07) is 4.28. The molecular weight excluding hydrogens is 298 g/mol. The summed E-state index contributed by atoms with van der Waals surface area (Å²) in [5.41, 5.74) is -1.14. The molecule has 1 aliphatic rings. The highest BCUT2D eigenvalue weighted by molar-refractivity contribution is 9.10. The number of nitrogens with zero attached hydrogens (tertiary/aromatic N) is 1. The number of halogens is 1. The van der Waals surface area contributed by atoms with Crippen LogP contribution in [0.15, 0.2) is 15.9 Å². The van der Waals surface area contributed by atoms with Crippen LogP contribution in [-0.2, 0) is 11.2 Å². The molecule has 1 fully saturated rings. The summed E-state index contributed by atoms with van der Waals surface area (Å²) >= 11 is 5.00. The summed E-state index contributed by atoms with van der Waals surface area (Å²) in [4.78, 5) is 13.5. The second-order valence-electron chi connectivity index (χ2n) is 5.31. The van der Waals surface area contributed by atoms with Gasteiger partial charge in [0.2, 0.25) is 0 Å². The maximum Gasteiger partial charge on any atom is 0.159 e. The van der Waals surface area contributed by atoms with Crippen LogP contribution in [0.25, 0.3) is 0 Å². The van der Waals surface area contributed by atoms with Gasteiger partial charge in [-0.15, -0.1) is 11.3 Å². The standard InChI is InChI=1S/C13H14BrNOS/c1-12(2)3-4-13(8-15,11(12)16)6-10-5-9(14)7-17-10/h5,7H,3-4,6H2,1-2H3. The fourth-order valence-electron chi connectivity index (χ4n) is 2.46. The van der Waals surface area contributed by atoms with Crippen LogP contribution in [-0.4, -0.2) is 5.78 Å². The fraction of sp³-hybridized carbons (Fsp3) is 0.538. The molecule has 1 atom stereocenters.